The molecule has 26 heteroatoms. The van der Waals surface area contributed by atoms with Crippen LogP contribution in [0.4, 0.5) is 0 Å². The van der Waals surface area contributed by atoms with Crippen molar-refractivity contribution in [2.24, 2.45) is 5.73 Å². The molecule has 2 fully saturated rings. The first-order valence-corrected chi connectivity index (χ1v) is 24.1. The van der Waals surface area contributed by atoms with Crippen molar-refractivity contribution in [3.05, 3.63) is 0 Å². The van der Waals surface area contributed by atoms with Gasteiger partial charge in [-0.1, -0.05) is 78.6 Å². The molecule has 2 aliphatic rings. The fourth-order valence-corrected chi connectivity index (χ4v) is 8.38. The molecule has 2 heterocycles. The molecule has 0 aromatic carbocycles. The Hall–Kier alpha value is -3.29. The van der Waals surface area contributed by atoms with Gasteiger partial charge < -0.3 is 107 Å². The molecule has 0 saturated carbocycles. The van der Waals surface area contributed by atoms with E-state index in [0.717, 1.165) is 32.1 Å². The highest BCUT2D eigenvalue weighted by molar-refractivity contribution is 5.78. The summed E-state index contributed by atoms with van der Waals surface area (Å²) in [5.41, 5.74) is 5.78. The fraction of sp³-hybridized carbons (Fsp3) is 0.886. The molecule has 408 valence electrons. The highest BCUT2D eigenvalue weighted by atomic mass is 16.8. The monoisotopic (exact) mass is 1020 g/mol. The smallest absolute Gasteiger partial charge is 0.364 e. The third kappa shape index (κ3) is 18.0. The zero-order chi connectivity index (χ0) is 52.9. The summed E-state index contributed by atoms with van der Waals surface area (Å²) in [7, 11) is 0. The molecule has 0 aromatic heterocycles. The van der Waals surface area contributed by atoms with Crippen LogP contribution in [0, 0.1) is 0 Å². The molecule has 0 spiro atoms. The quantitative estimate of drug-likeness (QED) is 0.0268. The maximum absolute atomic E-state index is 13.2. The van der Waals surface area contributed by atoms with E-state index in [1.165, 1.54) is 46.0 Å². The van der Waals surface area contributed by atoms with Crippen LogP contribution in [0.25, 0.3) is 0 Å². The second-order valence-electron chi connectivity index (χ2n) is 18.1. The molecular weight excluding hydrogens is 936 g/mol. The highest BCUT2D eigenvalue weighted by Gasteiger charge is 2.60. The van der Waals surface area contributed by atoms with E-state index in [4.69, 9.17) is 29.8 Å². The lowest BCUT2D eigenvalue weighted by Crippen LogP contribution is -2.71. The third-order valence-electron chi connectivity index (χ3n) is 12.6. The van der Waals surface area contributed by atoms with Crippen molar-refractivity contribution >= 4 is 29.7 Å². The van der Waals surface area contributed by atoms with E-state index < -0.39 is 165 Å². The second-order valence-corrected chi connectivity index (χ2v) is 18.1. The fourth-order valence-electron chi connectivity index (χ4n) is 8.38. The number of amides is 2. The van der Waals surface area contributed by atoms with Gasteiger partial charge in [-0.05, 0) is 13.0 Å². The van der Waals surface area contributed by atoms with E-state index in [0.29, 0.717) is 6.54 Å². The number of hydrogen-bond donors (Lipinski definition) is 17. The van der Waals surface area contributed by atoms with Crippen LogP contribution in [-0.2, 0) is 42.9 Å². The number of carbonyl (C=O) groups is 5. The number of aliphatic hydroxyl groups excluding tert-OH is 10. The maximum atomic E-state index is 13.2. The Labute approximate surface area is 406 Å². The number of aliphatic carboxylic acids is 3. The predicted molar refractivity (Wildman–Crippen MR) is 241 cm³/mol. The lowest BCUT2D eigenvalue weighted by molar-refractivity contribution is -0.351. The predicted octanol–water partition coefficient (Wildman–Crippen LogP) is -4.13. The third-order valence-corrected chi connectivity index (χ3v) is 12.6. The van der Waals surface area contributed by atoms with Crippen LogP contribution in [0.2, 0.25) is 0 Å². The van der Waals surface area contributed by atoms with Gasteiger partial charge in [0.2, 0.25) is 11.8 Å². The number of hydrogen-bond acceptors (Lipinski definition) is 21. The molecule has 2 aliphatic heterocycles. The minimum absolute atomic E-state index is 0.0816. The zero-order valence-corrected chi connectivity index (χ0v) is 40.2. The zero-order valence-electron chi connectivity index (χ0n) is 40.2. The average Bonchev–Trinajstić information content (AvgIpc) is 3.32. The summed E-state index contributed by atoms with van der Waals surface area (Å²) in [6, 6.07) is -5.19. The van der Waals surface area contributed by atoms with Gasteiger partial charge in [-0.15, -0.1) is 0 Å². The topological polar surface area (TPSA) is 447 Å². The Morgan fingerprint density at radius 2 is 1.10 bits per heavy atom. The molecule has 2 saturated heterocycles. The highest BCUT2D eigenvalue weighted by Crippen LogP contribution is 2.38. The number of carboxylic acids is 3. The summed E-state index contributed by atoms with van der Waals surface area (Å²) < 4.78 is 22.9. The molecule has 26 nitrogen and oxygen atoms in total. The summed E-state index contributed by atoms with van der Waals surface area (Å²) in [6.45, 7) is 2.58. The number of rotatable bonds is 35. The first-order valence-electron chi connectivity index (χ1n) is 24.1. The first-order chi connectivity index (χ1) is 33.0. The second kappa shape index (κ2) is 30.7. The molecule has 70 heavy (non-hydrogen) atoms. The molecule has 0 bridgehead atoms. The normalized spacial score (nSPS) is 28.8. The van der Waals surface area contributed by atoms with Gasteiger partial charge in [-0.2, -0.15) is 0 Å². The van der Waals surface area contributed by atoms with Gasteiger partial charge >= 0.3 is 17.9 Å². The van der Waals surface area contributed by atoms with Crippen LogP contribution in [0.3, 0.4) is 0 Å². The summed E-state index contributed by atoms with van der Waals surface area (Å²) in [5.74, 6) is -13.5. The van der Waals surface area contributed by atoms with Crippen LogP contribution < -0.4 is 21.7 Å². The van der Waals surface area contributed by atoms with Gasteiger partial charge in [0.1, 0.15) is 42.7 Å². The minimum atomic E-state index is -3.25. The number of nitrogens with one attached hydrogen (secondary N) is 3. The number of ether oxygens (including phenoxy) is 4. The molecule has 0 aromatic rings. The number of carboxylic acid groups (broad SMARTS) is 3. The summed E-state index contributed by atoms with van der Waals surface area (Å²) in [6.07, 6.45) is -18.1. The van der Waals surface area contributed by atoms with E-state index in [1.54, 1.807) is 0 Å². The van der Waals surface area contributed by atoms with E-state index in [-0.39, 0.29) is 19.4 Å². The number of carbonyl (C=O) groups excluding carboxylic acids is 2. The van der Waals surface area contributed by atoms with Crippen molar-refractivity contribution in [2.45, 2.75) is 220 Å². The molecule has 18 N–H and O–H groups in total. The molecule has 2 rings (SSSR count). The van der Waals surface area contributed by atoms with Gasteiger partial charge in [0.15, 0.2) is 6.10 Å². The molecule has 17 unspecified atom stereocenters. The molecular formula is C44H80N4O22. The van der Waals surface area contributed by atoms with E-state index in [2.05, 4.69) is 22.9 Å². The van der Waals surface area contributed by atoms with Crippen molar-refractivity contribution < 1.29 is 109 Å². The van der Waals surface area contributed by atoms with Crippen molar-refractivity contribution in [1.29, 1.82) is 0 Å². The van der Waals surface area contributed by atoms with E-state index in [1.807, 2.05) is 0 Å². The van der Waals surface area contributed by atoms with Crippen molar-refractivity contribution in [1.82, 2.24) is 16.0 Å². The SMILES string of the molecule is CCCCCCCCCCCCNCC(O)C1OC(OC(CO)C(O)C2OC(OC(CO)C(O)C(O)C(N)C(O)CC(O)C(=O)O)(C(=O)O)CC(O)C2NC(=O)CC)(C(=O)O)CC(O)C1NC(=O)CC. The Morgan fingerprint density at radius 1 is 0.657 bits per heavy atom. The maximum Gasteiger partial charge on any atom is 0.364 e. The average molecular weight is 1020 g/mol. The lowest BCUT2D eigenvalue weighted by Gasteiger charge is -2.50. The van der Waals surface area contributed by atoms with Crippen LogP contribution in [0.5, 0.6) is 0 Å². The Morgan fingerprint density at radius 3 is 1.54 bits per heavy atom. The lowest BCUT2D eigenvalue weighted by atomic mass is 9.87. The number of unbranched alkanes of at least 4 members (excludes halogenated alkanes) is 9. The Balaban J connectivity index is 2.45. The van der Waals surface area contributed by atoms with Crippen molar-refractivity contribution in [3.8, 4) is 0 Å². The summed E-state index contributed by atoms with van der Waals surface area (Å²) >= 11 is 0. The van der Waals surface area contributed by atoms with Gasteiger partial charge in [0.25, 0.3) is 11.6 Å². The van der Waals surface area contributed by atoms with Gasteiger partial charge in [0.05, 0.1) is 55.8 Å². The van der Waals surface area contributed by atoms with Crippen LogP contribution in [-0.4, -0.2) is 225 Å². The Kier molecular flexibility index (Phi) is 27.5. The van der Waals surface area contributed by atoms with E-state index >= 15 is 0 Å². The largest absolute Gasteiger partial charge is 0.479 e. The molecule has 0 aliphatic carbocycles. The van der Waals surface area contributed by atoms with Crippen LogP contribution in [0.15, 0.2) is 0 Å². The minimum Gasteiger partial charge on any atom is -0.479 e. The van der Waals surface area contributed by atoms with Crippen LogP contribution >= 0.6 is 0 Å². The summed E-state index contributed by atoms with van der Waals surface area (Å²) in [5, 5.41) is 147. The number of nitrogens with two attached hydrogens (primary N) is 1. The summed E-state index contributed by atoms with van der Waals surface area (Å²) in [4.78, 5) is 62.6. The number of aliphatic hydroxyl groups is 10. The van der Waals surface area contributed by atoms with Crippen LogP contribution in [0.1, 0.15) is 117 Å². The van der Waals surface area contributed by atoms with E-state index in [9.17, 15) is 85.3 Å². The Bertz CT molecular complexity index is 1600. The first kappa shape index (κ1) is 62.8. The molecule has 2 amide bonds. The standard InChI is InChI=1S/C44H80N4O22/c1-4-7-8-9-10-11-12-13-14-15-16-46-20-27(55)38-33(47-30(56)5-2)25(53)18-43(69-38,41(63)64)68-29(22-50)36(59)39-34(48-31(57)6-3)26(54)19-44(70-39,42(65)66)67-28(21-49)35(58)37(60)32(45)23(51)17-24(52)40(61)62/h23-29,32-39,46,49-55,58-60H,4-22,45H2,1-3H3,(H,47,56)(H,48,57)(H,61,62)(H,63,64)(H,65,66). The molecule has 17 atom stereocenters. The van der Waals surface area contributed by atoms with Gasteiger partial charge in [-0.3, -0.25) is 9.59 Å². The van der Waals surface area contributed by atoms with Gasteiger partial charge in [-0.25, -0.2) is 14.4 Å². The van der Waals surface area contributed by atoms with Gasteiger partial charge in [0, 0.05) is 38.6 Å². The van der Waals surface area contributed by atoms with Crippen molar-refractivity contribution in [3.63, 3.8) is 0 Å². The molecule has 0 radical (unpaired) electrons. The van der Waals surface area contributed by atoms with Crippen molar-refractivity contribution in [2.75, 3.05) is 26.3 Å².